The van der Waals surface area contributed by atoms with Crippen molar-refractivity contribution in [3.05, 3.63) is 114 Å². The summed E-state index contributed by atoms with van der Waals surface area (Å²) >= 11 is 0. The van der Waals surface area contributed by atoms with Crippen LogP contribution in [0.1, 0.15) is 21.5 Å². The maximum Gasteiger partial charge on any atom is 0.195 e. The Morgan fingerprint density at radius 1 is 0.704 bits per heavy atom. The van der Waals surface area contributed by atoms with Crippen molar-refractivity contribution in [3.8, 4) is 0 Å². The first-order chi connectivity index (χ1) is 13.3. The number of anilines is 1. The van der Waals surface area contributed by atoms with Crippen molar-refractivity contribution in [1.29, 1.82) is 0 Å². The maximum absolute atomic E-state index is 13.7. The second kappa shape index (κ2) is 6.10. The molecule has 1 N–H and O–H groups in total. The number of para-hydroxylation sites is 1. The Kier molecular flexibility index (Phi) is 3.58. The highest BCUT2D eigenvalue weighted by molar-refractivity contribution is 6.15. The van der Waals surface area contributed by atoms with Crippen LogP contribution in [0.5, 0.6) is 0 Å². The predicted octanol–water partition coefficient (Wildman–Crippen LogP) is 5.59. The molecule has 1 aliphatic heterocycles. The summed E-state index contributed by atoms with van der Waals surface area (Å²) in [5.41, 5.74) is 3.05. The number of rotatable bonds is 3. The standard InChI is InChI=1S/C25H19NO/c27-24-21-14-6-7-16-23(21)26-25(24,17-18-9-2-1-3-10-18)22-15-8-12-19-11-4-5-13-20(19)22/h1-16,26H,17H2. The molecule has 0 aliphatic carbocycles. The number of hydrogen-bond acceptors (Lipinski definition) is 2. The number of nitrogens with one attached hydrogen (secondary N) is 1. The summed E-state index contributed by atoms with van der Waals surface area (Å²) in [6.45, 7) is 0. The third-order valence-electron chi connectivity index (χ3n) is 5.47. The molecule has 5 rings (SSSR count). The molecule has 0 saturated heterocycles. The lowest BCUT2D eigenvalue weighted by molar-refractivity contribution is 0.0917. The Morgan fingerprint density at radius 3 is 2.26 bits per heavy atom. The lowest BCUT2D eigenvalue weighted by Gasteiger charge is -2.31. The third kappa shape index (κ3) is 2.45. The highest BCUT2D eigenvalue weighted by Crippen LogP contribution is 2.43. The Bertz CT molecular complexity index is 1140. The van der Waals surface area contributed by atoms with Gasteiger partial charge in [0.05, 0.1) is 0 Å². The first-order valence-electron chi connectivity index (χ1n) is 9.22. The molecule has 1 unspecified atom stereocenters. The molecular formula is C25H19NO. The van der Waals surface area contributed by atoms with Crippen molar-refractivity contribution in [3.63, 3.8) is 0 Å². The molecule has 1 atom stereocenters. The largest absolute Gasteiger partial charge is 0.368 e. The lowest BCUT2D eigenvalue weighted by Crippen LogP contribution is -2.41. The summed E-state index contributed by atoms with van der Waals surface area (Å²) in [5.74, 6) is 0.137. The molecule has 27 heavy (non-hydrogen) atoms. The summed E-state index contributed by atoms with van der Waals surface area (Å²) in [6, 6.07) is 32.6. The first kappa shape index (κ1) is 15.8. The predicted molar refractivity (Wildman–Crippen MR) is 110 cm³/mol. The van der Waals surface area contributed by atoms with Crippen LogP contribution in [0, 0.1) is 0 Å². The fourth-order valence-corrected chi connectivity index (χ4v) is 4.22. The van der Waals surface area contributed by atoms with Crippen LogP contribution in [0.25, 0.3) is 10.8 Å². The molecule has 0 radical (unpaired) electrons. The normalized spacial score (nSPS) is 18.3. The van der Waals surface area contributed by atoms with Crippen LogP contribution in [0.2, 0.25) is 0 Å². The SMILES string of the molecule is O=C1c2ccccc2NC1(Cc1ccccc1)c1cccc2ccccc12. The van der Waals surface area contributed by atoms with E-state index in [0.717, 1.165) is 33.2 Å². The molecule has 1 aliphatic rings. The van der Waals surface area contributed by atoms with Gasteiger partial charge in [-0.1, -0.05) is 84.9 Å². The summed E-state index contributed by atoms with van der Waals surface area (Å²) < 4.78 is 0. The molecule has 1 heterocycles. The Labute approximate surface area is 158 Å². The van der Waals surface area contributed by atoms with Gasteiger partial charge in [-0.2, -0.15) is 0 Å². The van der Waals surface area contributed by atoms with Crippen LogP contribution in [-0.2, 0) is 12.0 Å². The van der Waals surface area contributed by atoms with Crippen LogP contribution >= 0.6 is 0 Å². The number of hydrogen-bond donors (Lipinski definition) is 1. The molecule has 0 aromatic heterocycles. The van der Waals surface area contributed by atoms with E-state index in [1.54, 1.807) is 0 Å². The highest BCUT2D eigenvalue weighted by Gasteiger charge is 2.47. The average molecular weight is 349 g/mol. The molecule has 4 aromatic carbocycles. The maximum atomic E-state index is 13.7. The lowest BCUT2D eigenvalue weighted by atomic mass is 9.78. The van der Waals surface area contributed by atoms with Gasteiger partial charge < -0.3 is 5.32 Å². The third-order valence-corrected chi connectivity index (χ3v) is 5.47. The van der Waals surface area contributed by atoms with Gasteiger partial charge >= 0.3 is 0 Å². The zero-order valence-electron chi connectivity index (χ0n) is 14.9. The quantitative estimate of drug-likeness (QED) is 0.523. The summed E-state index contributed by atoms with van der Waals surface area (Å²) in [6.07, 6.45) is 0.607. The van der Waals surface area contributed by atoms with E-state index < -0.39 is 5.54 Å². The van der Waals surface area contributed by atoms with Crippen molar-refractivity contribution in [2.24, 2.45) is 0 Å². The van der Waals surface area contributed by atoms with Crippen LogP contribution in [0.15, 0.2) is 97.1 Å². The second-order valence-electron chi connectivity index (χ2n) is 7.09. The number of benzene rings is 4. The summed E-state index contributed by atoms with van der Waals surface area (Å²) in [4.78, 5) is 13.7. The molecule has 0 spiro atoms. The zero-order chi connectivity index (χ0) is 18.3. The minimum absolute atomic E-state index is 0.137. The number of ketones is 1. The first-order valence-corrected chi connectivity index (χ1v) is 9.22. The molecule has 4 aromatic rings. The van der Waals surface area contributed by atoms with Gasteiger partial charge in [-0.15, -0.1) is 0 Å². The van der Waals surface area contributed by atoms with Crippen molar-refractivity contribution >= 4 is 22.2 Å². The van der Waals surface area contributed by atoms with Gasteiger partial charge in [0, 0.05) is 17.7 Å². The molecular weight excluding hydrogens is 330 g/mol. The van der Waals surface area contributed by atoms with Gasteiger partial charge in [0.1, 0.15) is 5.54 Å². The van der Waals surface area contributed by atoms with E-state index in [4.69, 9.17) is 0 Å². The van der Waals surface area contributed by atoms with E-state index in [0.29, 0.717) is 6.42 Å². The topological polar surface area (TPSA) is 29.1 Å². The van der Waals surface area contributed by atoms with Gasteiger partial charge in [-0.05, 0) is 34.0 Å². The number of fused-ring (bicyclic) bond motifs is 2. The van der Waals surface area contributed by atoms with Gasteiger partial charge in [0.2, 0.25) is 0 Å². The van der Waals surface area contributed by atoms with Crippen LogP contribution in [-0.4, -0.2) is 5.78 Å². The van der Waals surface area contributed by atoms with Crippen LogP contribution < -0.4 is 5.32 Å². The van der Waals surface area contributed by atoms with E-state index >= 15 is 0 Å². The average Bonchev–Trinajstić information content (AvgIpc) is 3.01. The fourth-order valence-electron chi connectivity index (χ4n) is 4.22. The Hall–Kier alpha value is -3.39. The second-order valence-corrected chi connectivity index (χ2v) is 7.09. The van der Waals surface area contributed by atoms with Gasteiger partial charge in [0.25, 0.3) is 0 Å². The summed E-state index contributed by atoms with van der Waals surface area (Å²) in [5, 5.41) is 5.87. The van der Waals surface area contributed by atoms with Gasteiger partial charge in [0.15, 0.2) is 5.78 Å². The molecule has 2 heteroatoms. The fraction of sp³-hybridized carbons (Fsp3) is 0.0800. The molecule has 130 valence electrons. The number of carbonyl (C=O) groups excluding carboxylic acids is 1. The summed E-state index contributed by atoms with van der Waals surface area (Å²) in [7, 11) is 0. The molecule has 0 saturated carbocycles. The van der Waals surface area contributed by atoms with Crippen molar-refractivity contribution in [2.45, 2.75) is 12.0 Å². The zero-order valence-corrected chi connectivity index (χ0v) is 14.9. The van der Waals surface area contributed by atoms with Crippen LogP contribution in [0.4, 0.5) is 5.69 Å². The van der Waals surface area contributed by atoms with Gasteiger partial charge in [-0.25, -0.2) is 0 Å². The van der Waals surface area contributed by atoms with Crippen molar-refractivity contribution in [1.82, 2.24) is 0 Å². The molecule has 0 fully saturated rings. The van der Waals surface area contributed by atoms with E-state index in [1.807, 2.05) is 60.7 Å². The number of carbonyl (C=O) groups is 1. The number of Topliss-reactive ketones (excluding diaryl/α,β-unsaturated/α-hetero) is 1. The Balaban J connectivity index is 1.76. The van der Waals surface area contributed by atoms with Crippen LogP contribution in [0.3, 0.4) is 0 Å². The molecule has 0 bridgehead atoms. The van der Waals surface area contributed by atoms with Gasteiger partial charge in [-0.3, -0.25) is 4.79 Å². The van der Waals surface area contributed by atoms with E-state index in [9.17, 15) is 4.79 Å². The Morgan fingerprint density at radius 2 is 1.41 bits per heavy atom. The monoisotopic (exact) mass is 349 g/mol. The minimum Gasteiger partial charge on any atom is -0.368 e. The highest BCUT2D eigenvalue weighted by atomic mass is 16.1. The van der Waals surface area contributed by atoms with E-state index in [2.05, 4.69) is 41.7 Å². The molecule has 0 amide bonds. The van der Waals surface area contributed by atoms with Crippen molar-refractivity contribution < 1.29 is 4.79 Å². The molecule has 2 nitrogen and oxygen atoms in total. The van der Waals surface area contributed by atoms with E-state index in [1.165, 1.54) is 0 Å². The van der Waals surface area contributed by atoms with Crippen molar-refractivity contribution in [2.75, 3.05) is 5.32 Å². The van der Waals surface area contributed by atoms with E-state index in [-0.39, 0.29) is 5.78 Å². The smallest absolute Gasteiger partial charge is 0.195 e. The minimum atomic E-state index is -0.800.